The first-order valence-corrected chi connectivity index (χ1v) is 16.7. The third kappa shape index (κ3) is 3.23. The van der Waals surface area contributed by atoms with Crippen LogP contribution >= 0.6 is 40.9 Å². The number of halogens is 3. The zero-order valence-corrected chi connectivity index (χ0v) is 21.2. The zero-order valence-electron chi connectivity index (χ0n) is 15.9. The number of nitrogens with zero attached hydrogens (tertiary/aromatic N) is 3. The number of pyridine rings is 2. The Hall–Kier alpha value is -1.58. The van der Waals surface area contributed by atoms with Crippen LogP contribution in [0.1, 0.15) is 0 Å². The second-order valence-corrected chi connectivity index (χ2v) is 12.4. The first-order valence-electron chi connectivity index (χ1n) is 9.57. The Bertz CT molecular complexity index is 1620. The first-order chi connectivity index (χ1) is 15.3. The molecular weight excluding hydrogens is 580 g/mol. The van der Waals surface area contributed by atoms with Gasteiger partial charge >= 0.3 is 36.8 Å². The summed E-state index contributed by atoms with van der Waals surface area (Å²) < 4.78 is 3.60. The van der Waals surface area contributed by atoms with Crippen LogP contribution in [-0.2, 0) is 0 Å². The zero-order chi connectivity index (χ0) is 20.9. The molecule has 5 heterocycles. The summed E-state index contributed by atoms with van der Waals surface area (Å²) >= 11 is 3.23. The number of fused-ring (bicyclic) bond motifs is 9. The van der Waals surface area contributed by atoms with Crippen molar-refractivity contribution in [3.8, 4) is 0 Å². The predicted molar refractivity (Wildman–Crippen MR) is 129 cm³/mol. The van der Waals surface area contributed by atoms with Gasteiger partial charge in [-0.25, -0.2) is 4.98 Å². The van der Waals surface area contributed by atoms with Crippen molar-refractivity contribution in [2.24, 2.45) is 0 Å². The molecule has 7 rings (SSSR count). The Labute approximate surface area is 204 Å². The molecule has 0 aliphatic carbocycles. The van der Waals surface area contributed by atoms with Crippen LogP contribution < -0.4 is 38.8 Å². The van der Waals surface area contributed by atoms with Crippen LogP contribution in [0.15, 0.2) is 71.8 Å². The Kier molecular flexibility index (Phi) is 5.23. The number of thiazole rings is 1. The summed E-state index contributed by atoms with van der Waals surface area (Å²) in [6, 6.07) is 21.7. The van der Waals surface area contributed by atoms with E-state index >= 15 is 0 Å². The Morgan fingerprint density at radius 2 is 1.84 bits per heavy atom. The van der Waals surface area contributed by atoms with Crippen molar-refractivity contribution in [2.75, 3.05) is 11.4 Å². The second kappa shape index (κ2) is 8.08. The third-order valence-corrected chi connectivity index (χ3v) is 7.92. The minimum atomic E-state index is -0.466. The van der Waals surface area contributed by atoms with Crippen molar-refractivity contribution in [2.45, 2.75) is 4.90 Å². The fourth-order valence-electron chi connectivity index (χ4n) is 4.25. The monoisotopic (exact) mass is 593 g/mol. The van der Waals surface area contributed by atoms with Crippen LogP contribution in [0.3, 0.4) is 0 Å². The number of para-hydroxylation sites is 2. The quantitative estimate of drug-likeness (QED) is 0.203. The molecule has 0 saturated carbocycles. The van der Waals surface area contributed by atoms with Gasteiger partial charge in [-0.2, -0.15) is 0 Å². The van der Waals surface area contributed by atoms with Gasteiger partial charge in [0.1, 0.15) is 4.70 Å². The van der Waals surface area contributed by atoms with Gasteiger partial charge in [0.05, 0.1) is 27.0 Å². The third-order valence-electron chi connectivity index (χ3n) is 5.55. The van der Waals surface area contributed by atoms with Crippen molar-refractivity contribution in [3.05, 3.63) is 77.4 Å². The van der Waals surface area contributed by atoms with E-state index in [0.29, 0.717) is 0 Å². The van der Waals surface area contributed by atoms with Crippen molar-refractivity contribution in [3.63, 3.8) is 0 Å². The number of aromatic nitrogens is 2. The molecule has 5 aromatic rings. The molecule has 0 amide bonds. The van der Waals surface area contributed by atoms with Crippen molar-refractivity contribution < 1.29 is 23.3 Å². The summed E-state index contributed by atoms with van der Waals surface area (Å²) in [7, 11) is 9.75. The van der Waals surface area contributed by atoms with Crippen LogP contribution in [0, 0.1) is 0 Å². The number of thioether (sulfide) groups is 1. The summed E-state index contributed by atoms with van der Waals surface area (Å²) in [5.74, 6) is 0. The molecule has 3 nitrogen and oxygen atoms in total. The molecule has 2 aliphatic heterocycles. The Morgan fingerprint density at radius 3 is 2.74 bits per heavy atom. The predicted octanol–water partition coefficient (Wildman–Crippen LogP) is 2.04. The standard InChI is InChI=1S/C23H14N3S2.Cl2I/c1-3-7-20-18(5-1)25-11-9-16-14(22(25)27-20)13-15-17(24-16)10-12-26-19-6-2-4-8-21(19)28-23(15)26;1-3-2/h1-11,13H,12H2;/q+1;-1. The fraction of sp³-hybridized carbons (Fsp3) is 0.0435. The summed E-state index contributed by atoms with van der Waals surface area (Å²) in [4.78, 5) is 10.0. The van der Waals surface area contributed by atoms with E-state index in [-0.39, 0.29) is 0 Å². The van der Waals surface area contributed by atoms with Gasteiger partial charge in [-0.1, -0.05) is 47.4 Å². The molecule has 154 valence electrons. The number of rotatable bonds is 0. The van der Waals surface area contributed by atoms with E-state index in [4.69, 9.17) is 22.8 Å². The van der Waals surface area contributed by atoms with E-state index in [1.54, 1.807) is 0 Å². The molecule has 0 saturated heterocycles. The molecule has 31 heavy (non-hydrogen) atoms. The van der Waals surface area contributed by atoms with E-state index < -0.39 is 18.9 Å². The van der Waals surface area contributed by atoms with Gasteiger partial charge in [0, 0.05) is 28.8 Å². The molecule has 0 atom stereocenters. The normalized spacial score (nSPS) is 14.3. The number of hydrogen-bond donors (Lipinski definition) is 0. The maximum atomic E-state index is 5.04. The van der Waals surface area contributed by atoms with Crippen molar-refractivity contribution in [1.29, 1.82) is 0 Å². The average Bonchev–Trinajstić information content (AvgIpc) is 3.37. The van der Waals surface area contributed by atoms with Gasteiger partial charge in [-0.15, -0.1) is 4.40 Å². The van der Waals surface area contributed by atoms with Crippen molar-refractivity contribution >= 4 is 83.7 Å². The summed E-state index contributed by atoms with van der Waals surface area (Å²) in [5, 5.41) is 4.87. The van der Waals surface area contributed by atoms with E-state index in [1.807, 2.05) is 23.1 Å². The molecule has 8 heteroatoms. The van der Waals surface area contributed by atoms with Crippen LogP contribution in [0.5, 0.6) is 0 Å². The van der Waals surface area contributed by atoms with Gasteiger partial charge in [0.25, 0.3) is 4.83 Å². The minimum absolute atomic E-state index is 0.466. The van der Waals surface area contributed by atoms with Gasteiger partial charge in [0.15, 0.2) is 6.20 Å². The summed E-state index contributed by atoms with van der Waals surface area (Å²) in [6.45, 7) is 0.880. The Morgan fingerprint density at radius 1 is 1.03 bits per heavy atom. The topological polar surface area (TPSA) is 20.2 Å². The van der Waals surface area contributed by atoms with Gasteiger partial charge < -0.3 is 4.90 Å². The molecule has 3 aromatic heterocycles. The van der Waals surface area contributed by atoms with E-state index in [1.165, 1.54) is 41.3 Å². The number of anilines is 1. The molecule has 0 spiro atoms. The Balaban J connectivity index is 0.000000587. The van der Waals surface area contributed by atoms with E-state index in [0.717, 1.165) is 17.4 Å². The molecular formula is C23H14Cl2IN3S2. The van der Waals surface area contributed by atoms with E-state index in [2.05, 4.69) is 82.2 Å². The first kappa shape index (κ1) is 20.1. The summed E-state index contributed by atoms with van der Waals surface area (Å²) in [5.41, 5.74) is 3.63. The maximum absolute atomic E-state index is 5.04. The van der Waals surface area contributed by atoms with Crippen LogP contribution in [-0.4, -0.2) is 11.5 Å². The van der Waals surface area contributed by atoms with Crippen LogP contribution in [0.25, 0.3) is 37.1 Å². The van der Waals surface area contributed by atoms with Crippen molar-refractivity contribution in [1.82, 2.24) is 4.98 Å². The molecule has 0 fully saturated rings. The van der Waals surface area contributed by atoms with E-state index in [9.17, 15) is 0 Å². The fourth-order valence-corrected chi connectivity index (χ4v) is 6.60. The number of benzene rings is 2. The van der Waals surface area contributed by atoms with Gasteiger partial charge in [-0.3, -0.25) is 0 Å². The summed E-state index contributed by atoms with van der Waals surface area (Å²) in [6.07, 6.45) is 4.40. The molecule has 0 bridgehead atoms. The molecule has 0 unspecified atom stereocenters. The average molecular weight is 594 g/mol. The number of hydrogen-bond acceptors (Lipinski definition) is 4. The SMILES string of the molecule is C1=c2nc3cc[n+]4c5ccccc5sc4c3cc2=C2Sc3ccccc3N2C1.Cl[I-]Cl. The molecule has 2 aromatic carbocycles. The van der Waals surface area contributed by atoms with Crippen LogP contribution in [0.2, 0.25) is 0 Å². The second-order valence-electron chi connectivity index (χ2n) is 7.16. The molecule has 2 aliphatic rings. The molecule has 0 N–H and O–H groups in total. The van der Waals surface area contributed by atoms with Crippen LogP contribution in [0.4, 0.5) is 5.69 Å². The van der Waals surface area contributed by atoms with Gasteiger partial charge in [-0.05, 0) is 30.3 Å². The van der Waals surface area contributed by atoms with Gasteiger partial charge in [0.2, 0.25) is 5.52 Å². The molecule has 0 radical (unpaired) electrons.